The number of ether oxygens (including phenoxy) is 1. The van der Waals surface area contributed by atoms with E-state index in [1.165, 1.54) is 0 Å². The number of nitrogens with zero attached hydrogens (tertiary/aromatic N) is 1. The fraction of sp³-hybridized carbons (Fsp3) is 0.429. The number of benzene rings is 1. The maximum absolute atomic E-state index is 12.1. The molecule has 102 valence electrons. The van der Waals surface area contributed by atoms with Crippen molar-refractivity contribution in [1.29, 1.82) is 0 Å². The van der Waals surface area contributed by atoms with Crippen LogP contribution in [-0.4, -0.2) is 37.0 Å². The van der Waals surface area contributed by atoms with Crippen LogP contribution in [0, 0.1) is 0 Å². The first-order valence-corrected chi connectivity index (χ1v) is 6.35. The van der Waals surface area contributed by atoms with Gasteiger partial charge in [-0.15, -0.1) is 0 Å². The van der Waals surface area contributed by atoms with E-state index in [0.29, 0.717) is 26.0 Å². The lowest BCUT2D eigenvalue weighted by molar-refractivity contribution is -0.135. The Morgan fingerprint density at radius 1 is 1.37 bits per heavy atom. The van der Waals surface area contributed by atoms with Crippen molar-refractivity contribution < 1.29 is 14.3 Å². The summed E-state index contributed by atoms with van der Waals surface area (Å²) < 4.78 is 4.93. The first-order valence-electron chi connectivity index (χ1n) is 6.35. The van der Waals surface area contributed by atoms with Crippen LogP contribution in [0.15, 0.2) is 24.3 Å². The monoisotopic (exact) mass is 262 g/mol. The molecule has 1 aromatic carbocycles. The molecule has 5 nitrogen and oxygen atoms in total. The van der Waals surface area contributed by atoms with Gasteiger partial charge in [-0.25, -0.2) is 0 Å². The number of para-hydroxylation sites is 1. The summed E-state index contributed by atoms with van der Waals surface area (Å²) in [6.45, 7) is 1.14. The van der Waals surface area contributed by atoms with Crippen molar-refractivity contribution in [1.82, 2.24) is 4.90 Å². The molecule has 0 aliphatic carbocycles. The number of anilines is 1. The molecule has 0 aromatic heterocycles. The Kier molecular flexibility index (Phi) is 4.52. The number of methoxy groups -OCH3 is 1. The summed E-state index contributed by atoms with van der Waals surface area (Å²) in [5.41, 5.74) is 1.76. The Morgan fingerprint density at radius 2 is 2.16 bits per heavy atom. The smallest absolute Gasteiger partial charge is 0.244 e. The van der Waals surface area contributed by atoms with Crippen molar-refractivity contribution in [2.75, 3.05) is 25.6 Å². The van der Waals surface area contributed by atoms with Gasteiger partial charge >= 0.3 is 0 Å². The molecule has 0 atom stereocenters. The van der Waals surface area contributed by atoms with Crippen molar-refractivity contribution in [3.8, 4) is 0 Å². The summed E-state index contributed by atoms with van der Waals surface area (Å²) in [6.07, 6.45) is 1.08. The largest absolute Gasteiger partial charge is 0.385 e. The fourth-order valence-corrected chi connectivity index (χ4v) is 2.11. The number of hydrogen-bond donors (Lipinski definition) is 1. The highest BCUT2D eigenvalue weighted by Gasteiger charge is 2.22. The van der Waals surface area contributed by atoms with Gasteiger partial charge in [0.05, 0.1) is 0 Å². The fourth-order valence-electron chi connectivity index (χ4n) is 2.11. The molecule has 1 aromatic rings. The Labute approximate surface area is 112 Å². The highest BCUT2D eigenvalue weighted by molar-refractivity contribution is 5.96. The van der Waals surface area contributed by atoms with Gasteiger partial charge in [0.15, 0.2) is 0 Å². The van der Waals surface area contributed by atoms with Gasteiger partial charge < -0.3 is 15.0 Å². The number of hydrogen-bond acceptors (Lipinski definition) is 3. The van der Waals surface area contributed by atoms with Crippen molar-refractivity contribution in [3.05, 3.63) is 29.8 Å². The maximum atomic E-state index is 12.1. The quantitative estimate of drug-likeness (QED) is 0.834. The number of nitrogens with one attached hydrogen (secondary N) is 1. The summed E-state index contributed by atoms with van der Waals surface area (Å²) in [5, 5.41) is 2.82. The zero-order chi connectivity index (χ0) is 13.7. The third-order valence-corrected chi connectivity index (χ3v) is 3.08. The van der Waals surface area contributed by atoms with Gasteiger partial charge in [-0.2, -0.15) is 0 Å². The first-order chi connectivity index (χ1) is 9.20. The molecular formula is C14H18N2O3. The molecule has 0 unspecified atom stereocenters. The van der Waals surface area contributed by atoms with E-state index in [1.54, 1.807) is 12.0 Å². The minimum Gasteiger partial charge on any atom is -0.385 e. The van der Waals surface area contributed by atoms with Crippen molar-refractivity contribution in [2.24, 2.45) is 0 Å². The third-order valence-electron chi connectivity index (χ3n) is 3.08. The molecule has 19 heavy (non-hydrogen) atoms. The number of fused-ring (bicyclic) bond motifs is 1. The van der Waals surface area contributed by atoms with Crippen LogP contribution < -0.4 is 5.32 Å². The Balaban J connectivity index is 2.06. The molecule has 0 fully saturated rings. The van der Waals surface area contributed by atoms with Crippen LogP contribution in [0.5, 0.6) is 0 Å². The van der Waals surface area contributed by atoms with Crippen LogP contribution in [0.25, 0.3) is 0 Å². The lowest BCUT2D eigenvalue weighted by Gasteiger charge is -2.19. The number of carbonyl (C=O) groups excluding carboxylic acids is 2. The third kappa shape index (κ3) is 3.54. The number of amides is 2. The highest BCUT2D eigenvalue weighted by atomic mass is 16.5. The summed E-state index contributed by atoms with van der Waals surface area (Å²) in [7, 11) is 1.61. The van der Waals surface area contributed by atoms with Gasteiger partial charge in [0.2, 0.25) is 11.8 Å². The molecular weight excluding hydrogens is 244 g/mol. The van der Waals surface area contributed by atoms with E-state index >= 15 is 0 Å². The molecule has 2 amide bonds. The average Bonchev–Trinajstić information content (AvgIpc) is 2.56. The number of rotatable bonds is 4. The molecule has 1 aliphatic heterocycles. The van der Waals surface area contributed by atoms with Gasteiger partial charge in [-0.05, 0) is 18.1 Å². The zero-order valence-electron chi connectivity index (χ0n) is 11.0. The average molecular weight is 262 g/mol. The van der Waals surface area contributed by atoms with E-state index in [-0.39, 0.29) is 18.4 Å². The standard InChI is InChI=1S/C14H18N2O3/c1-19-8-4-7-14(18)16-9-11-5-2-3-6-12(11)15-13(17)10-16/h2-3,5-6H,4,7-10H2,1H3,(H,15,17). The SMILES string of the molecule is COCCCC(=O)N1CC(=O)Nc2ccccc2C1. The molecule has 2 rings (SSSR count). The second-order valence-corrected chi connectivity index (χ2v) is 4.55. The molecule has 0 bridgehead atoms. The van der Waals surface area contributed by atoms with Crippen LogP contribution in [0.1, 0.15) is 18.4 Å². The summed E-state index contributed by atoms with van der Waals surface area (Å²) in [4.78, 5) is 25.4. The molecule has 1 aliphatic rings. The molecule has 0 saturated heterocycles. The van der Waals surface area contributed by atoms with Crippen LogP contribution in [0.2, 0.25) is 0 Å². The molecule has 0 radical (unpaired) electrons. The lowest BCUT2D eigenvalue weighted by atomic mass is 10.1. The van der Waals surface area contributed by atoms with Crippen LogP contribution in [-0.2, 0) is 20.9 Å². The Hall–Kier alpha value is -1.88. The predicted octanol–water partition coefficient (Wildman–Crippen LogP) is 1.39. The van der Waals surface area contributed by atoms with Gasteiger partial charge in [0.1, 0.15) is 6.54 Å². The lowest BCUT2D eigenvalue weighted by Crippen LogP contribution is -2.35. The van der Waals surface area contributed by atoms with E-state index in [0.717, 1.165) is 11.3 Å². The first kappa shape index (κ1) is 13.5. The van der Waals surface area contributed by atoms with E-state index in [9.17, 15) is 9.59 Å². The topological polar surface area (TPSA) is 58.6 Å². The normalized spacial score (nSPS) is 14.6. The summed E-state index contributed by atoms with van der Waals surface area (Å²) in [6, 6.07) is 7.56. The van der Waals surface area contributed by atoms with Gasteiger partial charge in [-0.1, -0.05) is 18.2 Å². The van der Waals surface area contributed by atoms with Crippen molar-refractivity contribution in [2.45, 2.75) is 19.4 Å². The second kappa shape index (κ2) is 6.33. The Morgan fingerprint density at radius 3 is 2.95 bits per heavy atom. The summed E-state index contributed by atoms with van der Waals surface area (Å²) >= 11 is 0. The van der Waals surface area contributed by atoms with E-state index < -0.39 is 0 Å². The molecule has 5 heteroatoms. The molecule has 1 N–H and O–H groups in total. The van der Waals surface area contributed by atoms with E-state index in [2.05, 4.69) is 5.32 Å². The Bertz CT molecular complexity index is 474. The molecule has 0 saturated carbocycles. The van der Waals surface area contributed by atoms with Crippen molar-refractivity contribution in [3.63, 3.8) is 0 Å². The van der Waals surface area contributed by atoms with Crippen LogP contribution >= 0.6 is 0 Å². The van der Waals surface area contributed by atoms with Gasteiger partial charge in [0.25, 0.3) is 0 Å². The van der Waals surface area contributed by atoms with Gasteiger partial charge in [0, 0.05) is 32.4 Å². The number of carbonyl (C=O) groups is 2. The van der Waals surface area contributed by atoms with Crippen LogP contribution in [0.3, 0.4) is 0 Å². The van der Waals surface area contributed by atoms with Crippen molar-refractivity contribution >= 4 is 17.5 Å². The van der Waals surface area contributed by atoms with Gasteiger partial charge in [-0.3, -0.25) is 9.59 Å². The highest BCUT2D eigenvalue weighted by Crippen LogP contribution is 2.20. The van der Waals surface area contributed by atoms with Crippen LogP contribution in [0.4, 0.5) is 5.69 Å². The predicted molar refractivity (Wildman–Crippen MR) is 71.6 cm³/mol. The minimum atomic E-state index is -0.148. The zero-order valence-corrected chi connectivity index (χ0v) is 11.0. The minimum absolute atomic E-state index is 0.0103. The summed E-state index contributed by atoms with van der Waals surface area (Å²) in [5.74, 6) is -0.158. The second-order valence-electron chi connectivity index (χ2n) is 4.55. The molecule has 0 spiro atoms. The van der Waals surface area contributed by atoms with E-state index in [1.807, 2.05) is 24.3 Å². The maximum Gasteiger partial charge on any atom is 0.244 e. The van der Waals surface area contributed by atoms with E-state index in [4.69, 9.17) is 4.74 Å². The molecule has 1 heterocycles.